The molecule has 9 nitrogen and oxygen atoms in total. The number of carbonyl (C=O) groups excluding carboxylic acids is 3. The molecule has 0 saturated carbocycles. The highest BCUT2D eigenvalue weighted by Gasteiger charge is 2.40. The van der Waals surface area contributed by atoms with Crippen LogP contribution in [-0.4, -0.2) is 72.1 Å². The number of unbranched alkanes of at least 4 members (excludes halogenated alkanes) is 2. The van der Waals surface area contributed by atoms with Gasteiger partial charge in [0.1, 0.15) is 17.1 Å². The zero-order valence-corrected chi connectivity index (χ0v) is 30.6. The molecular formula is C37H59ClN4O5. The third-order valence-electron chi connectivity index (χ3n) is 10.6. The van der Waals surface area contributed by atoms with Crippen molar-refractivity contribution in [1.29, 1.82) is 0 Å². The summed E-state index contributed by atoms with van der Waals surface area (Å²) in [7, 11) is 0. The lowest BCUT2D eigenvalue weighted by Crippen LogP contribution is -2.46. The number of benzene rings is 1. The van der Waals surface area contributed by atoms with Gasteiger partial charge in [-0.3, -0.25) is 19.8 Å². The van der Waals surface area contributed by atoms with Crippen molar-refractivity contribution in [2.45, 2.75) is 124 Å². The second kappa shape index (κ2) is 17.2. The quantitative estimate of drug-likeness (QED) is 0.131. The zero-order chi connectivity index (χ0) is 33.6. The van der Waals surface area contributed by atoms with Crippen molar-refractivity contribution >= 4 is 35.9 Å². The maximum atomic E-state index is 13.7. The molecule has 1 saturated heterocycles. The molecule has 0 radical (unpaired) electrons. The van der Waals surface area contributed by atoms with E-state index in [-0.39, 0.29) is 36.8 Å². The van der Waals surface area contributed by atoms with Gasteiger partial charge in [0.2, 0.25) is 5.91 Å². The topological polar surface area (TPSA) is 114 Å². The number of nitrogens with one attached hydrogen (secondary N) is 1. The molecule has 0 bridgehead atoms. The smallest absolute Gasteiger partial charge is 0.318 e. The molecule has 3 aliphatic heterocycles. The van der Waals surface area contributed by atoms with E-state index in [2.05, 4.69) is 63.9 Å². The molecule has 3 amide bonds. The first-order valence-corrected chi connectivity index (χ1v) is 17.7. The van der Waals surface area contributed by atoms with Gasteiger partial charge < -0.3 is 20.1 Å². The Balaban J connectivity index is 0.00000600. The van der Waals surface area contributed by atoms with Gasteiger partial charge in [-0.1, -0.05) is 59.8 Å². The monoisotopic (exact) mass is 674 g/mol. The second-order valence-corrected chi connectivity index (χ2v) is 14.6. The Kier molecular flexibility index (Phi) is 14.2. The Labute approximate surface area is 288 Å². The number of hydrogen-bond donors (Lipinski definition) is 2. The first-order valence-electron chi connectivity index (χ1n) is 17.7. The number of fused-ring (bicyclic) bond motifs is 2. The number of hydrogen-bond acceptors (Lipinski definition) is 7. The number of urea groups is 1. The minimum atomic E-state index is -0.858. The van der Waals surface area contributed by atoms with Crippen molar-refractivity contribution in [2.75, 3.05) is 32.7 Å². The lowest BCUT2D eigenvalue weighted by Gasteiger charge is -2.42. The molecule has 10 heteroatoms. The molecule has 3 N–H and O–H groups in total. The van der Waals surface area contributed by atoms with Crippen molar-refractivity contribution in [1.82, 2.24) is 15.1 Å². The van der Waals surface area contributed by atoms with Crippen molar-refractivity contribution in [2.24, 2.45) is 17.6 Å². The van der Waals surface area contributed by atoms with E-state index in [1.165, 1.54) is 38.5 Å². The predicted octanol–water partition coefficient (Wildman–Crippen LogP) is 7.06. The van der Waals surface area contributed by atoms with Crippen LogP contribution in [0.15, 0.2) is 17.7 Å². The van der Waals surface area contributed by atoms with Crippen LogP contribution >= 0.6 is 12.4 Å². The first kappa shape index (κ1) is 38.8. The number of rotatable bonds is 13. The fourth-order valence-corrected chi connectivity index (χ4v) is 7.37. The summed E-state index contributed by atoms with van der Waals surface area (Å²) in [4.78, 5) is 42.0. The fourth-order valence-electron chi connectivity index (χ4n) is 7.37. The Morgan fingerprint density at radius 2 is 1.85 bits per heavy atom. The van der Waals surface area contributed by atoms with Crippen LogP contribution in [0.25, 0.3) is 5.57 Å². The molecule has 3 heterocycles. The number of piperidine rings is 1. The Morgan fingerprint density at radius 1 is 1.11 bits per heavy atom. The molecule has 4 rings (SSSR count). The van der Waals surface area contributed by atoms with E-state index in [1.54, 1.807) is 0 Å². The number of esters is 1. The number of halogens is 1. The molecule has 1 aromatic carbocycles. The summed E-state index contributed by atoms with van der Waals surface area (Å²) < 4.78 is 13.1. The predicted molar refractivity (Wildman–Crippen MR) is 190 cm³/mol. The minimum Gasteiger partial charge on any atom is -0.483 e. The van der Waals surface area contributed by atoms with Gasteiger partial charge in [-0.2, -0.15) is 0 Å². The average molecular weight is 675 g/mol. The molecule has 3 aliphatic rings. The van der Waals surface area contributed by atoms with Crippen LogP contribution in [0.5, 0.6) is 11.5 Å². The van der Waals surface area contributed by atoms with Crippen molar-refractivity contribution < 1.29 is 23.9 Å². The van der Waals surface area contributed by atoms with Crippen molar-refractivity contribution in [3.05, 3.63) is 28.8 Å². The number of carbonyl (C=O) groups is 3. The number of imide groups is 1. The molecule has 0 aliphatic carbocycles. The Bertz CT molecular complexity index is 1300. The van der Waals surface area contributed by atoms with Gasteiger partial charge in [-0.05, 0) is 100 Å². The van der Waals surface area contributed by atoms with E-state index in [9.17, 15) is 14.4 Å². The van der Waals surface area contributed by atoms with Crippen LogP contribution in [0, 0.1) is 11.8 Å². The molecule has 1 aromatic rings. The van der Waals surface area contributed by atoms with E-state index in [4.69, 9.17) is 15.2 Å². The van der Waals surface area contributed by atoms with Crippen molar-refractivity contribution in [3.63, 3.8) is 0 Å². The molecule has 4 unspecified atom stereocenters. The molecule has 0 spiro atoms. The molecule has 47 heavy (non-hydrogen) atoms. The third-order valence-corrected chi connectivity index (χ3v) is 10.6. The van der Waals surface area contributed by atoms with Gasteiger partial charge >= 0.3 is 12.0 Å². The normalized spacial score (nSPS) is 21.3. The number of primary amides is 1. The minimum absolute atomic E-state index is 0. The number of likely N-dealkylation sites (tertiary alicyclic amines) is 1. The summed E-state index contributed by atoms with van der Waals surface area (Å²) >= 11 is 0. The largest absolute Gasteiger partial charge is 0.483 e. The number of nitrogens with zero attached hydrogens (tertiary/aromatic N) is 2. The van der Waals surface area contributed by atoms with Crippen molar-refractivity contribution in [3.8, 4) is 11.5 Å². The van der Waals surface area contributed by atoms with Crippen LogP contribution in [0.4, 0.5) is 4.79 Å². The third kappa shape index (κ3) is 9.96. The summed E-state index contributed by atoms with van der Waals surface area (Å²) in [6.45, 7) is 18.3. The highest BCUT2D eigenvalue weighted by atomic mass is 35.5. The lowest BCUT2D eigenvalue weighted by atomic mass is 9.79. The number of ether oxygens (including phenoxy) is 2. The second-order valence-electron chi connectivity index (χ2n) is 14.6. The van der Waals surface area contributed by atoms with E-state index in [1.807, 2.05) is 11.8 Å². The molecule has 0 aromatic heterocycles. The highest BCUT2D eigenvalue weighted by molar-refractivity contribution is 5.94. The van der Waals surface area contributed by atoms with Gasteiger partial charge in [-0.25, -0.2) is 4.79 Å². The van der Waals surface area contributed by atoms with Gasteiger partial charge in [0.15, 0.2) is 0 Å². The van der Waals surface area contributed by atoms with Gasteiger partial charge in [0, 0.05) is 19.1 Å². The standard InChI is InChI=1S/C37H58N4O5.ClH/c1-8-9-10-13-24(2)27(5)28-20-31(45-35(43)25(3)15-19-41-17-12-11-14-26(41)4)34-29-22-40(23-33(42)39-36(38)44)18-16-30(29)37(6,7)46-32(34)21-28;/h20-21,24-27H,8-19,22-23H2,1-7H3,(H3,38,39,42,44);1H. The molecule has 1 fully saturated rings. The lowest BCUT2D eigenvalue weighted by molar-refractivity contribution is -0.138. The van der Waals surface area contributed by atoms with Crippen LogP contribution in [0.3, 0.4) is 0 Å². The van der Waals surface area contributed by atoms with Crippen LogP contribution in [0.1, 0.15) is 123 Å². The maximum absolute atomic E-state index is 13.7. The van der Waals surface area contributed by atoms with Crippen LogP contribution in [-0.2, 0) is 9.59 Å². The van der Waals surface area contributed by atoms with Crippen LogP contribution < -0.4 is 20.5 Å². The molecular weight excluding hydrogens is 616 g/mol. The average Bonchev–Trinajstić information content (AvgIpc) is 2.99. The number of amides is 3. The highest BCUT2D eigenvalue weighted by Crippen LogP contribution is 2.50. The van der Waals surface area contributed by atoms with Gasteiger partial charge in [-0.15, -0.1) is 12.4 Å². The van der Waals surface area contributed by atoms with Gasteiger partial charge in [0.05, 0.1) is 18.0 Å². The SMILES string of the molecule is CCCCCC(C)C(C)c1cc(OC(=O)C(C)CCN2CCCCC2C)c2c(c1)OC(C)(C)C1=C2CN(CC(=O)NC(N)=O)CC1.Cl. The van der Waals surface area contributed by atoms with Gasteiger partial charge in [0.25, 0.3) is 0 Å². The summed E-state index contributed by atoms with van der Waals surface area (Å²) in [6.07, 6.45) is 9.88. The molecule has 4 atom stereocenters. The molecule has 264 valence electrons. The summed E-state index contributed by atoms with van der Waals surface area (Å²) in [5.74, 6) is 1.04. The first-order chi connectivity index (χ1) is 21.8. The summed E-state index contributed by atoms with van der Waals surface area (Å²) in [5, 5.41) is 2.18. The van der Waals surface area contributed by atoms with E-state index >= 15 is 0 Å². The summed E-state index contributed by atoms with van der Waals surface area (Å²) in [6, 6.07) is 3.89. The van der Waals surface area contributed by atoms with Crippen LogP contribution in [0.2, 0.25) is 0 Å². The summed E-state index contributed by atoms with van der Waals surface area (Å²) in [5.41, 5.74) is 8.71. The number of nitrogens with two attached hydrogens (primary N) is 1. The maximum Gasteiger partial charge on any atom is 0.318 e. The Hall–Kier alpha value is -2.62. The zero-order valence-electron chi connectivity index (χ0n) is 29.8. The van der Waals surface area contributed by atoms with E-state index in [0.717, 1.165) is 54.0 Å². The Morgan fingerprint density at radius 3 is 2.53 bits per heavy atom. The van der Waals surface area contributed by atoms with E-state index < -0.39 is 17.5 Å². The fraction of sp³-hybridized carbons (Fsp3) is 0.703. The van der Waals surface area contributed by atoms with E-state index in [0.29, 0.717) is 37.2 Å².